The van der Waals surface area contributed by atoms with E-state index in [0.717, 1.165) is 4.31 Å². The molecule has 1 aromatic carbocycles. The first-order valence-electron chi connectivity index (χ1n) is 5.06. The lowest BCUT2D eigenvalue weighted by Gasteiger charge is -2.14. The van der Waals surface area contributed by atoms with E-state index >= 15 is 0 Å². The molecular weight excluding hydrogens is 254 g/mol. The molecule has 18 heavy (non-hydrogen) atoms. The zero-order valence-corrected chi connectivity index (χ0v) is 10.6. The van der Waals surface area contributed by atoms with Crippen molar-refractivity contribution in [3.63, 3.8) is 0 Å². The number of aromatic carboxylic acids is 1. The minimum Gasteiger partial charge on any atom is -0.478 e. The monoisotopic (exact) mass is 267 g/mol. The molecule has 5 nitrogen and oxygen atoms in total. The van der Waals surface area contributed by atoms with Crippen molar-refractivity contribution < 1.29 is 18.3 Å². The van der Waals surface area contributed by atoms with Crippen LogP contribution in [0.5, 0.6) is 0 Å². The highest BCUT2D eigenvalue weighted by Crippen LogP contribution is 2.11. The predicted molar refractivity (Wildman–Crippen MR) is 67.5 cm³/mol. The summed E-state index contributed by atoms with van der Waals surface area (Å²) in [5.41, 5.74) is 0.636. The molecule has 0 fully saturated rings. The van der Waals surface area contributed by atoms with Crippen LogP contribution in [0.3, 0.4) is 0 Å². The minimum atomic E-state index is -3.47. The number of carboxylic acid groups (broad SMARTS) is 1. The second kappa shape index (κ2) is 5.67. The third-order valence-corrected chi connectivity index (χ3v) is 4.12. The number of sulfonamides is 1. The number of carbonyl (C=O) groups is 1. The van der Waals surface area contributed by atoms with Crippen molar-refractivity contribution in [2.75, 3.05) is 13.6 Å². The van der Waals surface area contributed by atoms with Crippen molar-refractivity contribution in [1.82, 2.24) is 4.31 Å². The van der Waals surface area contributed by atoms with Crippen molar-refractivity contribution in [2.45, 2.75) is 5.75 Å². The molecule has 0 radical (unpaired) electrons. The van der Waals surface area contributed by atoms with Gasteiger partial charge in [0.2, 0.25) is 10.0 Å². The number of benzene rings is 1. The van der Waals surface area contributed by atoms with Crippen LogP contribution in [0, 0.1) is 12.3 Å². The van der Waals surface area contributed by atoms with E-state index in [-0.39, 0.29) is 17.9 Å². The molecule has 1 N–H and O–H groups in total. The van der Waals surface area contributed by atoms with Crippen LogP contribution < -0.4 is 0 Å². The maximum absolute atomic E-state index is 11.8. The highest BCUT2D eigenvalue weighted by atomic mass is 32.2. The van der Waals surface area contributed by atoms with E-state index in [4.69, 9.17) is 11.5 Å². The van der Waals surface area contributed by atoms with Crippen molar-refractivity contribution in [3.05, 3.63) is 35.4 Å². The molecule has 1 rings (SSSR count). The van der Waals surface area contributed by atoms with Gasteiger partial charge in [-0.05, 0) is 17.7 Å². The van der Waals surface area contributed by atoms with E-state index in [1.54, 1.807) is 0 Å². The second-order valence-corrected chi connectivity index (χ2v) is 5.79. The number of hydrogen-bond acceptors (Lipinski definition) is 3. The zero-order chi connectivity index (χ0) is 13.8. The molecular formula is C12H13NO4S. The van der Waals surface area contributed by atoms with Crippen molar-refractivity contribution in [1.29, 1.82) is 0 Å². The molecule has 0 amide bonds. The molecule has 0 saturated heterocycles. The Morgan fingerprint density at radius 2 is 1.94 bits per heavy atom. The van der Waals surface area contributed by atoms with E-state index in [0.29, 0.717) is 5.56 Å². The lowest BCUT2D eigenvalue weighted by molar-refractivity contribution is 0.0697. The maximum Gasteiger partial charge on any atom is 0.335 e. The van der Waals surface area contributed by atoms with Gasteiger partial charge in [0.15, 0.2) is 0 Å². The molecule has 1 aromatic rings. The van der Waals surface area contributed by atoms with Crippen LogP contribution in [-0.4, -0.2) is 37.4 Å². The summed E-state index contributed by atoms with van der Waals surface area (Å²) in [5, 5.41) is 8.72. The molecule has 0 aliphatic rings. The van der Waals surface area contributed by atoms with E-state index < -0.39 is 16.0 Å². The summed E-state index contributed by atoms with van der Waals surface area (Å²) in [5.74, 6) is 1.00. The van der Waals surface area contributed by atoms with Gasteiger partial charge >= 0.3 is 5.97 Å². The quantitative estimate of drug-likeness (QED) is 0.800. The highest BCUT2D eigenvalue weighted by molar-refractivity contribution is 7.88. The molecule has 0 aliphatic heterocycles. The van der Waals surface area contributed by atoms with Gasteiger partial charge in [0, 0.05) is 7.05 Å². The Morgan fingerprint density at radius 1 is 1.39 bits per heavy atom. The summed E-state index contributed by atoms with van der Waals surface area (Å²) < 4.78 is 24.7. The van der Waals surface area contributed by atoms with Gasteiger partial charge in [0.05, 0.1) is 17.9 Å². The fourth-order valence-electron chi connectivity index (χ4n) is 1.29. The lowest BCUT2D eigenvalue weighted by Crippen LogP contribution is -2.28. The Balaban J connectivity index is 2.85. The van der Waals surface area contributed by atoms with Gasteiger partial charge in [0.1, 0.15) is 0 Å². The zero-order valence-electron chi connectivity index (χ0n) is 9.83. The fraction of sp³-hybridized carbons (Fsp3) is 0.250. The SMILES string of the molecule is C#CCN(C)S(=O)(=O)Cc1ccc(C(=O)O)cc1. The van der Waals surface area contributed by atoms with Gasteiger partial charge in [0.25, 0.3) is 0 Å². The number of hydrogen-bond donors (Lipinski definition) is 1. The van der Waals surface area contributed by atoms with Gasteiger partial charge in [-0.2, -0.15) is 4.31 Å². The van der Waals surface area contributed by atoms with Gasteiger partial charge in [-0.25, -0.2) is 13.2 Å². The fourth-order valence-corrected chi connectivity index (χ4v) is 2.40. The Hall–Kier alpha value is -1.84. The van der Waals surface area contributed by atoms with Crippen LogP contribution in [0.25, 0.3) is 0 Å². The summed E-state index contributed by atoms with van der Waals surface area (Å²) in [7, 11) is -2.06. The molecule has 0 heterocycles. The number of nitrogens with zero attached hydrogens (tertiary/aromatic N) is 1. The Bertz CT molecular complexity index is 569. The van der Waals surface area contributed by atoms with Gasteiger partial charge in [-0.3, -0.25) is 0 Å². The summed E-state index contributed by atoms with van der Waals surface area (Å²) >= 11 is 0. The largest absolute Gasteiger partial charge is 0.478 e. The van der Waals surface area contributed by atoms with Crippen LogP contribution in [0.1, 0.15) is 15.9 Å². The highest BCUT2D eigenvalue weighted by Gasteiger charge is 2.17. The summed E-state index contributed by atoms with van der Waals surface area (Å²) in [6, 6.07) is 5.69. The molecule has 0 unspecified atom stereocenters. The second-order valence-electron chi connectivity index (χ2n) is 3.72. The van der Waals surface area contributed by atoms with E-state index in [2.05, 4.69) is 5.92 Å². The van der Waals surface area contributed by atoms with E-state index in [1.165, 1.54) is 31.3 Å². The molecule has 0 spiro atoms. The summed E-state index contributed by atoms with van der Waals surface area (Å²) in [4.78, 5) is 10.6. The third-order valence-electron chi connectivity index (χ3n) is 2.34. The average molecular weight is 267 g/mol. The number of carboxylic acids is 1. The summed E-state index contributed by atoms with van der Waals surface area (Å²) in [6.45, 7) is 0.00947. The van der Waals surface area contributed by atoms with Crippen molar-refractivity contribution in [3.8, 4) is 12.3 Å². The third kappa shape index (κ3) is 3.58. The average Bonchev–Trinajstić information content (AvgIpc) is 2.29. The van der Waals surface area contributed by atoms with Crippen LogP contribution >= 0.6 is 0 Å². The first kappa shape index (κ1) is 14.2. The molecule has 6 heteroatoms. The van der Waals surface area contributed by atoms with Gasteiger partial charge in [-0.15, -0.1) is 6.42 Å². The molecule has 0 aliphatic carbocycles. The lowest BCUT2D eigenvalue weighted by atomic mass is 10.1. The van der Waals surface area contributed by atoms with Crippen LogP contribution in [0.2, 0.25) is 0 Å². The van der Waals surface area contributed by atoms with Crippen molar-refractivity contribution >= 4 is 16.0 Å². The van der Waals surface area contributed by atoms with E-state index in [1.807, 2.05) is 0 Å². The van der Waals surface area contributed by atoms with Gasteiger partial charge in [-0.1, -0.05) is 18.1 Å². The molecule has 0 saturated carbocycles. The van der Waals surface area contributed by atoms with Crippen LogP contribution in [0.4, 0.5) is 0 Å². The number of terminal acetylenes is 1. The normalized spacial score (nSPS) is 11.2. The maximum atomic E-state index is 11.8. The molecule has 0 atom stereocenters. The van der Waals surface area contributed by atoms with Crippen molar-refractivity contribution in [2.24, 2.45) is 0 Å². The molecule has 0 aromatic heterocycles. The topological polar surface area (TPSA) is 74.7 Å². The predicted octanol–water partition coefficient (Wildman–Crippen LogP) is 0.780. The van der Waals surface area contributed by atoms with E-state index in [9.17, 15) is 13.2 Å². The summed E-state index contributed by atoms with van der Waals surface area (Å²) in [6.07, 6.45) is 5.05. The standard InChI is InChI=1S/C12H13NO4S/c1-3-8-13(2)18(16,17)9-10-4-6-11(7-5-10)12(14)15/h1,4-7H,8-9H2,2H3,(H,14,15). The van der Waals surface area contributed by atoms with Crippen LogP contribution in [0.15, 0.2) is 24.3 Å². The smallest absolute Gasteiger partial charge is 0.335 e. The minimum absolute atomic E-state index is 0.00947. The Kier molecular flexibility index (Phi) is 4.48. The van der Waals surface area contributed by atoms with Crippen LogP contribution in [-0.2, 0) is 15.8 Å². The first-order chi connectivity index (χ1) is 8.36. The molecule has 96 valence electrons. The number of rotatable bonds is 5. The Morgan fingerprint density at radius 3 is 2.39 bits per heavy atom. The first-order valence-corrected chi connectivity index (χ1v) is 6.67. The Labute approximate surface area is 106 Å². The molecule has 0 bridgehead atoms. The van der Waals surface area contributed by atoms with Gasteiger partial charge < -0.3 is 5.11 Å².